The minimum absolute atomic E-state index is 0.130. The molecule has 0 atom stereocenters. The summed E-state index contributed by atoms with van der Waals surface area (Å²) in [5.74, 6) is -0.546. The molecule has 5 heteroatoms. The molecule has 2 N–H and O–H groups in total. The Hall–Kier alpha value is -1.75. The van der Waals surface area contributed by atoms with Crippen molar-refractivity contribution in [2.45, 2.75) is 6.42 Å². The Morgan fingerprint density at radius 1 is 1.47 bits per heavy atom. The number of fused-ring (bicyclic) bond motifs is 1. The Labute approximate surface area is 99.2 Å². The van der Waals surface area contributed by atoms with E-state index in [-0.39, 0.29) is 12.2 Å². The Bertz CT molecular complexity index is 419. The van der Waals surface area contributed by atoms with E-state index < -0.39 is 5.97 Å². The summed E-state index contributed by atoms with van der Waals surface area (Å²) in [5, 5.41) is 17.9. The topological polar surface area (TPSA) is 70.0 Å². The Morgan fingerprint density at radius 2 is 2.29 bits per heavy atom. The molecule has 0 aliphatic carbocycles. The van der Waals surface area contributed by atoms with Gasteiger partial charge in [-0.25, -0.2) is 4.79 Å². The van der Waals surface area contributed by atoms with Crippen molar-refractivity contribution >= 4 is 11.7 Å². The highest BCUT2D eigenvalue weighted by Gasteiger charge is 2.22. The number of carbonyl (C=O) groups is 1. The third-order valence-corrected chi connectivity index (χ3v) is 2.76. The summed E-state index contributed by atoms with van der Waals surface area (Å²) in [6, 6.07) is 5.10. The zero-order chi connectivity index (χ0) is 12.3. The third kappa shape index (κ3) is 2.34. The summed E-state index contributed by atoms with van der Waals surface area (Å²) in [6.45, 7) is 2.03. The number of hydrogen-bond acceptors (Lipinski definition) is 4. The molecule has 1 aromatic rings. The highest BCUT2D eigenvalue weighted by molar-refractivity contribution is 5.93. The number of aromatic carboxylic acids is 1. The van der Waals surface area contributed by atoms with Gasteiger partial charge in [0.05, 0.1) is 12.2 Å². The number of hydrogen-bond donors (Lipinski definition) is 2. The Kier molecular flexibility index (Phi) is 3.49. The van der Waals surface area contributed by atoms with Gasteiger partial charge < -0.3 is 19.8 Å². The summed E-state index contributed by atoms with van der Waals surface area (Å²) >= 11 is 0. The van der Waals surface area contributed by atoms with Crippen LogP contribution in [0.3, 0.4) is 0 Å². The quantitative estimate of drug-likeness (QED) is 0.816. The van der Waals surface area contributed by atoms with Gasteiger partial charge in [0.15, 0.2) is 5.75 Å². The number of benzene rings is 1. The van der Waals surface area contributed by atoms with Gasteiger partial charge in [-0.1, -0.05) is 6.07 Å². The number of carboxylic acids is 1. The monoisotopic (exact) mass is 237 g/mol. The van der Waals surface area contributed by atoms with Crippen molar-refractivity contribution in [1.82, 2.24) is 0 Å². The van der Waals surface area contributed by atoms with Gasteiger partial charge >= 0.3 is 5.97 Å². The molecule has 0 saturated heterocycles. The lowest BCUT2D eigenvalue weighted by atomic mass is 10.1. The number of nitrogens with zero attached hydrogens (tertiary/aromatic N) is 1. The zero-order valence-corrected chi connectivity index (χ0v) is 9.43. The molecule has 0 amide bonds. The van der Waals surface area contributed by atoms with Crippen LogP contribution in [0.4, 0.5) is 5.69 Å². The first-order valence-corrected chi connectivity index (χ1v) is 5.59. The van der Waals surface area contributed by atoms with Crippen molar-refractivity contribution in [3.05, 3.63) is 23.8 Å². The van der Waals surface area contributed by atoms with Crippen LogP contribution in [0.5, 0.6) is 5.75 Å². The molecule has 0 unspecified atom stereocenters. The van der Waals surface area contributed by atoms with Gasteiger partial charge in [0, 0.05) is 13.2 Å². The van der Waals surface area contributed by atoms with Crippen molar-refractivity contribution in [2.75, 3.05) is 31.2 Å². The number of aliphatic hydroxyl groups excluding tert-OH is 1. The van der Waals surface area contributed by atoms with Gasteiger partial charge in [-0.3, -0.25) is 0 Å². The normalized spacial score (nSPS) is 14.1. The van der Waals surface area contributed by atoms with E-state index in [9.17, 15) is 4.79 Å². The van der Waals surface area contributed by atoms with Crippen LogP contribution in [0.1, 0.15) is 16.8 Å². The molecule has 0 spiro atoms. The second-order valence-electron chi connectivity index (χ2n) is 3.87. The average Bonchev–Trinajstić information content (AvgIpc) is 2.35. The van der Waals surface area contributed by atoms with Gasteiger partial charge in [0.25, 0.3) is 0 Å². The van der Waals surface area contributed by atoms with Crippen LogP contribution in [-0.2, 0) is 0 Å². The second kappa shape index (κ2) is 5.05. The third-order valence-electron chi connectivity index (χ3n) is 2.76. The molecule has 0 saturated carbocycles. The minimum atomic E-state index is -0.981. The Balaban J connectivity index is 2.32. The molecule has 1 aromatic carbocycles. The molecular formula is C12H15NO4. The predicted molar refractivity (Wildman–Crippen MR) is 62.8 cm³/mol. The smallest absolute Gasteiger partial charge is 0.339 e. The first-order valence-electron chi connectivity index (χ1n) is 5.59. The van der Waals surface area contributed by atoms with Crippen LogP contribution in [0.15, 0.2) is 18.2 Å². The van der Waals surface area contributed by atoms with Gasteiger partial charge in [-0.15, -0.1) is 0 Å². The van der Waals surface area contributed by atoms with Crippen LogP contribution in [0, 0.1) is 0 Å². The highest BCUT2D eigenvalue weighted by atomic mass is 16.5. The van der Waals surface area contributed by atoms with E-state index >= 15 is 0 Å². The summed E-state index contributed by atoms with van der Waals surface area (Å²) in [7, 11) is 0. The maximum atomic E-state index is 11.1. The maximum absolute atomic E-state index is 11.1. The molecule has 1 aliphatic rings. The number of carboxylic acid groups (broad SMARTS) is 1. The molecule has 17 heavy (non-hydrogen) atoms. The molecule has 1 aliphatic heterocycles. The van der Waals surface area contributed by atoms with Gasteiger partial charge in [0.2, 0.25) is 0 Å². The van der Waals surface area contributed by atoms with Crippen LogP contribution < -0.4 is 9.64 Å². The summed E-state index contributed by atoms with van der Waals surface area (Å²) in [6.07, 6.45) is 0.663. The maximum Gasteiger partial charge on any atom is 0.339 e. The van der Waals surface area contributed by atoms with Gasteiger partial charge in [-0.05, 0) is 18.6 Å². The molecular weight excluding hydrogens is 222 g/mol. The van der Waals surface area contributed by atoms with Crippen molar-refractivity contribution < 1.29 is 19.7 Å². The minimum Gasteiger partial charge on any atom is -0.489 e. The number of rotatable bonds is 4. The van der Waals surface area contributed by atoms with Crippen molar-refractivity contribution in [3.8, 4) is 5.75 Å². The second-order valence-corrected chi connectivity index (χ2v) is 3.87. The molecule has 2 rings (SSSR count). The standard InChI is InChI=1S/C12H15NO4/c14-7-2-5-13-6-8-17-11-9(12(15)16)3-1-4-10(11)13/h1,3-4,14H,2,5-8H2,(H,15,16). The van der Waals surface area contributed by atoms with Crippen molar-refractivity contribution in [3.63, 3.8) is 0 Å². The van der Waals surface area contributed by atoms with Gasteiger partial charge in [0.1, 0.15) is 12.2 Å². The van der Waals surface area contributed by atoms with E-state index in [2.05, 4.69) is 0 Å². The molecule has 1 heterocycles. The molecule has 0 aromatic heterocycles. The zero-order valence-electron chi connectivity index (χ0n) is 9.43. The van der Waals surface area contributed by atoms with Crippen LogP contribution >= 0.6 is 0 Å². The van der Waals surface area contributed by atoms with Crippen molar-refractivity contribution in [2.24, 2.45) is 0 Å². The number of aliphatic hydroxyl groups is 1. The lowest BCUT2D eigenvalue weighted by Crippen LogP contribution is -2.34. The molecule has 0 fully saturated rings. The van der Waals surface area contributed by atoms with E-state index in [1.807, 2.05) is 11.0 Å². The highest BCUT2D eigenvalue weighted by Crippen LogP contribution is 2.34. The molecule has 0 radical (unpaired) electrons. The fourth-order valence-electron chi connectivity index (χ4n) is 1.97. The van der Waals surface area contributed by atoms with E-state index in [0.717, 1.165) is 12.2 Å². The number of para-hydroxylation sites is 1. The first-order chi connectivity index (χ1) is 8.24. The summed E-state index contributed by atoms with van der Waals surface area (Å²) < 4.78 is 5.44. The van der Waals surface area contributed by atoms with Crippen LogP contribution in [-0.4, -0.2) is 42.5 Å². The van der Waals surface area contributed by atoms with E-state index in [0.29, 0.717) is 25.3 Å². The van der Waals surface area contributed by atoms with Gasteiger partial charge in [-0.2, -0.15) is 0 Å². The average molecular weight is 237 g/mol. The lowest BCUT2D eigenvalue weighted by Gasteiger charge is -2.31. The molecule has 5 nitrogen and oxygen atoms in total. The SMILES string of the molecule is O=C(O)c1cccc2c1OCCN2CCCO. The fraction of sp³-hybridized carbons (Fsp3) is 0.417. The summed E-state index contributed by atoms with van der Waals surface area (Å²) in [4.78, 5) is 13.1. The number of ether oxygens (including phenoxy) is 1. The summed E-state index contributed by atoms with van der Waals surface area (Å²) in [5.41, 5.74) is 0.987. The largest absolute Gasteiger partial charge is 0.489 e. The van der Waals surface area contributed by atoms with E-state index in [1.54, 1.807) is 6.07 Å². The van der Waals surface area contributed by atoms with E-state index in [1.165, 1.54) is 6.07 Å². The van der Waals surface area contributed by atoms with E-state index in [4.69, 9.17) is 14.9 Å². The Morgan fingerprint density at radius 3 is 3.00 bits per heavy atom. The molecule has 92 valence electrons. The lowest BCUT2D eigenvalue weighted by molar-refractivity contribution is 0.0692. The first kappa shape index (κ1) is 11.7. The fourth-order valence-corrected chi connectivity index (χ4v) is 1.97. The number of anilines is 1. The van der Waals surface area contributed by atoms with Crippen LogP contribution in [0.25, 0.3) is 0 Å². The predicted octanol–water partition coefficient (Wildman–Crippen LogP) is 0.966. The van der Waals surface area contributed by atoms with Crippen molar-refractivity contribution in [1.29, 1.82) is 0 Å². The molecule has 0 bridgehead atoms. The van der Waals surface area contributed by atoms with Crippen LogP contribution in [0.2, 0.25) is 0 Å².